The molecule has 1 aromatic heterocycles. The Balaban J connectivity index is 1.99. The number of ether oxygens (including phenoxy) is 1. The standard InChI is InChI=1S/C10H15N5O2/c11-14-10(16)13-8-1-2-9(12-7-8)15-3-5-17-6-4-15/h1-2,7H,3-6,11H2,(H2,13,14,16). The molecule has 1 saturated heterocycles. The molecule has 0 radical (unpaired) electrons. The second-order valence-corrected chi connectivity index (χ2v) is 3.60. The predicted molar refractivity (Wildman–Crippen MR) is 63.6 cm³/mol. The second-order valence-electron chi connectivity index (χ2n) is 3.60. The lowest BCUT2D eigenvalue weighted by Gasteiger charge is -2.27. The maximum Gasteiger partial charge on any atom is 0.333 e. The van der Waals surface area contributed by atoms with E-state index in [4.69, 9.17) is 10.6 Å². The van der Waals surface area contributed by atoms with E-state index >= 15 is 0 Å². The fourth-order valence-corrected chi connectivity index (χ4v) is 1.61. The van der Waals surface area contributed by atoms with Crippen LogP contribution in [0.1, 0.15) is 0 Å². The Labute approximate surface area is 98.9 Å². The van der Waals surface area contributed by atoms with Crippen LogP contribution in [0.15, 0.2) is 18.3 Å². The highest BCUT2D eigenvalue weighted by molar-refractivity contribution is 5.88. The van der Waals surface area contributed by atoms with E-state index < -0.39 is 6.03 Å². The van der Waals surface area contributed by atoms with Gasteiger partial charge in [-0.3, -0.25) is 5.43 Å². The average molecular weight is 237 g/mol. The van der Waals surface area contributed by atoms with Crippen LogP contribution < -0.4 is 21.5 Å². The fourth-order valence-electron chi connectivity index (χ4n) is 1.61. The molecule has 2 amide bonds. The van der Waals surface area contributed by atoms with Gasteiger partial charge < -0.3 is 15.0 Å². The van der Waals surface area contributed by atoms with E-state index in [1.807, 2.05) is 11.5 Å². The van der Waals surface area contributed by atoms with Crippen molar-refractivity contribution < 1.29 is 9.53 Å². The van der Waals surface area contributed by atoms with Gasteiger partial charge in [-0.05, 0) is 12.1 Å². The SMILES string of the molecule is NNC(=O)Nc1ccc(N2CCOCC2)nc1. The molecule has 0 atom stereocenters. The molecule has 1 aliphatic heterocycles. The van der Waals surface area contributed by atoms with Gasteiger partial charge in [0.1, 0.15) is 5.82 Å². The molecule has 17 heavy (non-hydrogen) atoms. The summed E-state index contributed by atoms with van der Waals surface area (Å²) in [6.07, 6.45) is 1.60. The summed E-state index contributed by atoms with van der Waals surface area (Å²) in [7, 11) is 0. The first-order chi connectivity index (χ1) is 8.29. The molecule has 1 fully saturated rings. The van der Waals surface area contributed by atoms with Gasteiger partial charge in [-0.25, -0.2) is 15.6 Å². The third kappa shape index (κ3) is 3.05. The normalized spacial score (nSPS) is 15.5. The number of nitrogens with two attached hydrogens (primary N) is 1. The molecule has 0 saturated carbocycles. The topological polar surface area (TPSA) is 92.5 Å². The van der Waals surface area contributed by atoms with Crippen molar-refractivity contribution in [2.45, 2.75) is 0 Å². The van der Waals surface area contributed by atoms with Crippen molar-refractivity contribution in [3.8, 4) is 0 Å². The first kappa shape index (κ1) is 11.6. The van der Waals surface area contributed by atoms with Crippen LogP contribution in [0.2, 0.25) is 0 Å². The number of carbonyl (C=O) groups excluding carboxylic acids is 1. The lowest BCUT2D eigenvalue weighted by molar-refractivity contribution is 0.122. The van der Waals surface area contributed by atoms with Gasteiger partial charge >= 0.3 is 6.03 Å². The van der Waals surface area contributed by atoms with Gasteiger partial charge in [0.2, 0.25) is 0 Å². The van der Waals surface area contributed by atoms with Crippen LogP contribution in [0.4, 0.5) is 16.3 Å². The highest BCUT2D eigenvalue weighted by Gasteiger charge is 2.12. The molecule has 4 N–H and O–H groups in total. The number of urea groups is 1. The van der Waals surface area contributed by atoms with Crippen molar-refractivity contribution in [1.29, 1.82) is 0 Å². The number of carbonyl (C=O) groups is 1. The van der Waals surface area contributed by atoms with Crippen LogP contribution >= 0.6 is 0 Å². The van der Waals surface area contributed by atoms with Gasteiger partial charge in [0.15, 0.2) is 0 Å². The summed E-state index contributed by atoms with van der Waals surface area (Å²) >= 11 is 0. The third-order valence-corrected chi connectivity index (χ3v) is 2.47. The molecule has 92 valence electrons. The quantitative estimate of drug-likeness (QED) is 0.380. The van der Waals surface area contributed by atoms with Crippen molar-refractivity contribution in [2.75, 3.05) is 36.5 Å². The number of aromatic nitrogens is 1. The highest BCUT2D eigenvalue weighted by atomic mass is 16.5. The van der Waals surface area contributed by atoms with Crippen molar-refractivity contribution in [2.24, 2.45) is 5.84 Å². The molecular weight excluding hydrogens is 222 g/mol. The summed E-state index contributed by atoms with van der Waals surface area (Å²) in [4.78, 5) is 17.4. The lowest BCUT2D eigenvalue weighted by Crippen LogP contribution is -2.36. The molecule has 0 aliphatic carbocycles. The number of pyridine rings is 1. The zero-order valence-corrected chi connectivity index (χ0v) is 9.35. The number of nitrogens with one attached hydrogen (secondary N) is 2. The van der Waals surface area contributed by atoms with Gasteiger partial charge in [0, 0.05) is 13.1 Å². The summed E-state index contributed by atoms with van der Waals surface area (Å²) in [5.41, 5.74) is 2.59. The van der Waals surface area contributed by atoms with Crippen LogP contribution in [-0.4, -0.2) is 37.3 Å². The molecule has 7 heteroatoms. The van der Waals surface area contributed by atoms with Crippen LogP contribution in [0, 0.1) is 0 Å². The minimum atomic E-state index is -0.467. The number of hydrogen-bond acceptors (Lipinski definition) is 5. The summed E-state index contributed by atoms with van der Waals surface area (Å²) in [6, 6.07) is 3.18. The van der Waals surface area contributed by atoms with Gasteiger partial charge in [0.05, 0.1) is 25.1 Å². The Morgan fingerprint density at radius 3 is 2.76 bits per heavy atom. The minimum absolute atomic E-state index is 0.467. The summed E-state index contributed by atoms with van der Waals surface area (Å²) in [5.74, 6) is 5.84. The molecule has 1 aromatic rings. The zero-order chi connectivity index (χ0) is 12.1. The monoisotopic (exact) mass is 237 g/mol. The fraction of sp³-hybridized carbons (Fsp3) is 0.400. The Kier molecular flexibility index (Phi) is 3.73. The van der Waals surface area contributed by atoms with Crippen LogP contribution in [0.5, 0.6) is 0 Å². The van der Waals surface area contributed by atoms with E-state index in [2.05, 4.69) is 15.2 Å². The molecular formula is C10H15N5O2. The Bertz CT molecular complexity index is 375. The molecule has 2 rings (SSSR count). The summed E-state index contributed by atoms with van der Waals surface area (Å²) < 4.78 is 5.26. The first-order valence-corrected chi connectivity index (χ1v) is 5.36. The van der Waals surface area contributed by atoms with E-state index in [9.17, 15) is 4.79 Å². The number of hydrazine groups is 1. The van der Waals surface area contributed by atoms with Gasteiger partial charge in [-0.1, -0.05) is 0 Å². The highest BCUT2D eigenvalue weighted by Crippen LogP contribution is 2.15. The van der Waals surface area contributed by atoms with Crippen molar-refractivity contribution in [3.05, 3.63) is 18.3 Å². The van der Waals surface area contributed by atoms with Crippen molar-refractivity contribution in [3.63, 3.8) is 0 Å². The lowest BCUT2D eigenvalue weighted by atomic mass is 10.3. The summed E-state index contributed by atoms with van der Waals surface area (Å²) in [5, 5.41) is 2.54. The van der Waals surface area contributed by atoms with Crippen molar-refractivity contribution in [1.82, 2.24) is 10.4 Å². The van der Waals surface area contributed by atoms with Crippen LogP contribution in [-0.2, 0) is 4.74 Å². The first-order valence-electron chi connectivity index (χ1n) is 5.36. The third-order valence-electron chi connectivity index (χ3n) is 2.47. The van der Waals surface area contributed by atoms with E-state index in [-0.39, 0.29) is 0 Å². The predicted octanol–water partition coefficient (Wildman–Crippen LogP) is -0.0866. The largest absolute Gasteiger partial charge is 0.378 e. The average Bonchev–Trinajstić information content (AvgIpc) is 2.40. The van der Waals surface area contributed by atoms with Gasteiger partial charge in [0.25, 0.3) is 0 Å². The molecule has 0 unspecified atom stereocenters. The maximum absolute atomic E-state index is 11.0. The minimum Gasteiger partial charge on any atom is -0.378 e. The molecule has 1 aliphatic rings. The molecule has 0 bridgehead atoms. The zero-order valence-electron chi connectivity index (χ0n) is 9.35. The van der Waals surface area contributed by atoms with Crippen molar-refractivity contribution >= 4 is 17.5 Å². The maximum atomic E-state index is 11.0. The summed E-state index contributed by atoms with van der Waals surface area (Å²) in [6.45, 7) is 3.11. The second kappa shape index (κ2) is 5.46. The molecule has 0 aromatic carbocycles. The van der Waals surface area contributed by atoms with E-state index in [0.29, 0.717) is 5.69 Å². The van der Waals surface area contributed by atoms with Crippen LogP contribution in [0.25, 0.3) is 0 Å². The number of anilines is 2. The molecule has 7 nitrogen and oxygen atoms in total. The number of morpholine rings is 1. The Hall–Kier alpha value is -1.86. The van der Waals surface area contributed by atoms with E-state index in [0.717, 1.165) is 32.1 Å². The van der Waals surface area contributed by atoms with E-state index in [1.165, 1.54) is 0 Å². The Morgan fingerprint density at radius 1 is 1.41 bits per heavy atom. The van der Waals surface area contributed by atoms with Gasteiger partial charge in [-0.15, -0.1) is 0 Å². The molecule has 0 spiro atoms. The number of nitrogens with zero attached hydrogens (tertiary/aromatic N) is 2. The van der Waals surface area contributed by atoms with Gasteiger partial charge in [-0.2, -0.15) is 0 Å². The number of rotatable bonds is 2. The smallest absolute Gasteiger partial charge is 0.333 e. The molecule has 2 heterocycles. The van der Waals surface area contributed by atoms with E-state index in [1.54, 1.807) is 12.3 Å². The van der Waals surface area contributed by atoms with Crippen LogP contribution in [0.3, 0.4) is 0 Å². The number of amides is 2. The Morgan fingerprint density at radius 2 is 2.18 bits per heavy atom. The number of hydrogen-bond donors (Lipinski definition) is 3.